The van der Waals surface area contributed by atoms with Crippen LogP contribution in [0.2, 0.25) is 0 Å². The van der Waals surface area contributed by atoms with Crippen LogP contribution in [0.4, 0.5) is 0 Å². The maximum Gasteiger partial charge on any atom is 0.120 e. The fourth-order valence-corrected chi connectivity index (χ4v) is 2.12. The van der Waals surface area contributed by atoms with E-state index in [2.05, 4.69) is 30.9 Å². The van der Waals surface area contributed by atoms with E-state index in [4.69, 9.17) is 10.5 Å². The monoisotopic (exact) mass is 264 g/mol. The molecule has 0 aliphatic heterocycles. The Bertz CT molecular complexity index is 362. The molecular formula is C16H28N2O. The molecule has 0 fully saturated rings. The van der Waals surface area contributed by atoms with Crippen LogP contribution in [0.1, 0.15) is 45.7 Å². The van der Waals surface area contributed by atoms with Crippen LogP contribution in [0.25, 0.3) is 0 Å². The molecule has 1 rings (SSSR count). The molecule has 108 valence electrons. The molecule has 0 saturated heterocycles. The van der Waals surface area contributed by atoms with E-state index in [1.165, 1.54) is 0 Å². The molecule has 0 aliphatic rings. The first-order chi connectivity index (χ1) is 9.06. The van der Waals surface area contributed by atoms with Crippen LogP contribution in [0.5, 0.6) is 5.75 Å². The fourth-order valence-electron chi connectivity index (χ4n) is 2.12. The molecule has 19 heavy (non-hydrogen) atoms. The van der Waals surface area contributed by atoms with Crippen molar-refractivity contribution in [2.45, 2.75) is 46.3 Å². The van der Waals surface area contributed by atoms with E-state index in [1.54, 1.807) is 0 Å². The minimum Gasteiger partial charge on any atom is -0.491 e. The van der Waals surface area contributed by atoms with Gasteiger partial charge in [0.25, 0.3) is 0 Å². The van der Waals surface area contributed by atoms with Gasteiger partial charge in [0.15, 0.2) is 0 Å². The third-order valence-corrected chi connectivity index (χ3v) is 3.31. The number of nitrogens with zero attached hydrogens (tertiary/aromatic N) is 1. The highest BCUT2D eigenvalue weighted by atomic mass is 16.5. The first kappa shape index (κ1) is 16.0. The van der Waals surface area contributed by atoms with Crippen molar-refractivity contribution in [1.29, 1.82) is 0 Å². The van der Waals surface area contributed by atoms with Gasteiger partial charge >= 0.3 is 0 Å². The summed E-state index contributed by atoms with van der Waals surface area (Å²) in [5, 5.41) is 0. The maximum absolute atomic E-state index is 6.27. The maximum atomic E-state index is 6.27. The Morgan fingerprint density at radius 1 is 1.21 bits per heavy atom. The van der Waals surface area contributed by atoms with Crippen LogP contribution in [-0.4, -0.2) is 30.6 Å². The van der Waals surface area contributed by atoms with E-state index in [1.807, 2.05) is 26.0 Å². The number of hydrogen-bond acceptors (Lipinski definition) is 3. The number of nitrogens with two attached hydrogens (primary N) is 1. The van der Waals surface area contributed by atoms with Crippen LogP contribution < -0.4 is 10.5 Å². The second kappa shape index (κ2) is 8.18. The Hall–Kier alpha value is -1.06. The fraction of sp³-hybridized carbons (Fsp3) is 0.625. The molecule has 0 saturated carbocycles. The lowest BCUT2D eigenvalue weighted by Crippen LogP contribution is -2.27. The lowest BCUT2D eigenvalue weighted by Gasteiger charge is -2.21. The van der Waals surface area contributed by atoms with Crippen molar-refractivity contribution in [2.24, 2.45) is 5.73 Å². The van der Waals surface area contributed by atoms with Gasteiger partial charge in [0.1, 0.15) is 5.75 Å². The van der Waals surface area contributed by atoms with Crippen LogP contribution in [0, 0.1) is 0 Å². The molecule has 0 spiro atoms. The first-order valence-electron chi connectivity index (χ1n) is 7.31. The van der Waals surface area contributed by atoms with Crippen molar-refractivity contribution in [3.8, 4) is 5.75 Å². The van der Waals surface area contributed by atoms with Crippen molar-refractivity contribution < 1.29 is 4.74 Å². The lowest BCUT2D eigenvalue weighted by molar-refractivity contribution is 0.242. The van der Waals surface area contributed by atoms with Gasteiger partial charge in [-0.2, -0.15) is 0 Å². The third-order valence-electron chi connectivity index (χ3n) is 3.31. The number of rotatable bonds is 8. The Labute approximate surface area is 117 Å². The van der Waals surface area contributed by atoms with Crippen molar-refractivity contribution in [3.05, 3.63) is 29.8 Å². The topological polar surface area (TPSA) is 38.5 Å². The highest BCUT2D eigenvalue weighted by Gasteiger charge is 2.09. The van der Waals surface area contributed by atoms with Gasteiger partial charge in [-0.3, -0.25) is 0 Å². The number of hydrogen-bond donors (Lipinski definition) is 1. The molecule has 0 aliphatic carbocycles. The summed E-state index contributed by atoms with van der Waals surface area (Å²) in [5.74, 6) is 0.908. The Morgan fingerprint density at radius 3 is 2.47 bits per heavy atom. The summed E-state index contributed by atoms with van der Waals surface area (Å²) in [6.07, 6.45) is 1.18. The van der Waals surface area contributed by atoms with E-state index >= 15 is 0 Å². The predicted octanol–water partition coefficient (Wildman–Crippen LogP) is 3.21. The number of benzene rings is 1. The zero-order valence-corrected chi connectivity index (χ0v) is 12.7. The second-order valence-corrected chi connectivity index (χ2v) is 5.16. The summed E-state index contributed by atoms with van der Waals surface area (Å²) in [7, 11) is 0. The van der Waals surface area contributed by atoms with Gasteiger partial charge in [-0.15, -0.1) is 0 Å². The average Bonchev–Trinajstić information content (AvgIpc) is 2.39. The largest absolute Gasteiger partial charge is 0.491 e. The summed E-state index contributed by atoms with van der Waals surface area (Å²) in [4.78, 5) is 2.40. The SMILES string of the molecule is CCN(CC)CCC(N)c1cccc(OC(C)C)c1. The van der Waals surface area contributed by atoms with E-state index in [0.717, 1.165) is 37.4 Å². The predicted molar refractivity (Wildman–Crippen MR) is 81.5 cm³/mol. The Morgan fingerprint density at radius 2 is 1.89 bits per heavy atom. The molecular weight excluding hydrogens is 236 g/mol. The van der Waals surface area contributed by atoms with E-state index in [9.17, 15) is 0 Å². The van der Waals surface area contributed by atoms with Gasteiger partial charge in [-0.25, -0.2) is 0 Å². The zero-order valence-electron chi connectivity index (χ0n) is 12.7. The standard InChI is InChI=1S/C16H28N2O/c1-5-18(6-2)11-10-16(17)14-8-7-9-15(12-14)19-13(3)4/h7-9,12-13,16H,5-6,10-11,17H2,1-4H3. The van der Waals surface area contributed by atoms with E-state index < -0.39 is 0 Å². The molecule has 0 bridgehead atoms. The molecule has 1 aromatic rings. The zero-order chi connectivity index (χ0) is 14.3. The average molecular weight is 264 g/mol. The summed E-state index contributed by atoms with van der Waals surface area (Å²) >= 11 is 0. The molecule has 2 N–H and O–H groups in total. The van der Waals surface area contributed by atoms with Gasteiger partial charge in [-0.05, 0) is 57.6 Å². The van der Waals surface area contributed by atoms with Crippen molar-refractivity contribution in [1.82, 2.24) is 4.90 Å². The highest BCUT2D eigenvalue weighted by molar-refractivity contribution is 5.30. The molecule has 3 nitrogen and oxygen atoms in total. The van der Waals surface area contributed by atoms with Crippen LogP contribution >= 0.6 is 0 Å². The van der Waals surface area contributed by atoms with Gasteiger partial charge in [0.2, 0.25) is 0 Å². The van der Waals surface area contributed by atoms with Crippen molar-refractivity contribution in [2.75, 3.05) is 19.6 Å². The van der Waals surface area contributed by atoms with Crippen LogP contribution in [0.3, 0.4) is 0 Å². The van der Waals surface area contributed by atoms with Crippen LogP contribution in [0.15, 0.2) is 24.3 Å². The third kappa shape index (κ3) is 5.62. The molecule has 3 heteroatoms. The summed E-state index contributed by atoms with van der Waals surface area (Å²) in [5.41, 5.74) is 7.43. The Balaban J connectivity index is 2.58. The Kier molecular flexibility index (Phi) is 6.89. The van der Waals surface area contributed by atoms with Crippen LogP contribution in [-0.2, 0) is 0 Å². The normalized spacial score (nSPS) is 13.0. The molecule has 1 aromatic carbocycles. The molecule has 1 unspecified atom stereocenters. The first-order valence-corrected chi connectivity index (χ1v) is 7.31. The molecule has 1 atom stereocenters. The molecule has 0 amide bonds. The lowest BCUT2D eigenvalue weighted by atomic mass is 10.0. The van der Waals surface area contributed by atoms with Crippen molar-refractivity contribution in [3.63, 3.8) is 0 Å². The molecule has 0 aromatic heterocycles. The quantitative estimate of drug-likeness (QED) is 0.783. The number of ether oxygens (including phenoxy) is 1. The highest BCUT2D eigenvalue weighted by Crippen LogP contribution is 2.21. The second-order valence-electron chi connectivity index (χ2n) is 5.16. The van der Waals surface area contributed by atoms with E-state index in [0.29, 0.717) is 0 Å². The summed E-state index contributed by atoms with van der Waals surface area (Å²) in [6, 6.07) is 8.23. The van der Waals surface area contributed by atoms with Gasteiger partial charge in [0.05, 0.1) is 6.10 Å². The van der Waals surface area contributed by atoms with E-state index in [-0.39, 0.29) is 12.1 Å². The molecule has 0 radical (unpaired) electrons. The minimum atomic E-state index is 0.0799. The van der Waals surface area contributed by atoms with Gasteiger partial charge < -0.3 is 15.4 Å². The smallest absolute Gasteiger partial charge is 0.120 e. The van der Waals surface area contributed by atoms with Crippen molar-refractivity contribution >= 4 is 0 Å². The molecule has 0 heterocycles. The van der Waals surface area contributed by atoms with Gasteiger partial charge in [0, 0.05) is 6.04 Å². The summed E-state index contributed by atoms with van der Waals surface area (Å²) < 4.78 is 5.71. The van der Waals surface area contributed by atoms with Gasteiger partial charge in [-0.1, -0.05) is 26.0 Å². The minimum absolute atomic E-state index is 0.0799. The summed E-state index contributed by atoms with van der Waals surface area (Å²) in [6.45, 7) is 11.7.